The first-order chi connectivity index (χ1) is 16.9. The third-order valence-electron chi connectivity index (χ3n) is 5.82. The van der Waals surface area contributed by atoms with Crippen LogP contribution in [0.15, 0.2) is 78.9 Å². The highest BCUT2D eigenvalue weighted by atomic mass is 19.1. The van der Waals surface area contributed by atoms with Crippen molar-refractivity contribution in [3.05, 3.63) is 95.8 Å². The second kappa shape index (κ2) is 10.9. The Morgan fingerprint density at radius 3 is 2.40 bits per heavy atom. The van der Waals surface area contributed by atoms with Crippen molar-refractivity contribution >= 4 is 35.0 Å². The van der Waals surface area contributed by atoms with Gasteiger partial charge in [-0.2, -0.15) is 0 Å². The number of halogens is 1. The SMILES string of the molecule is Nc1ccccc1NC(=O)C=Cc1ccc(C(C(=O)Nc2ccc(F)cc2)N2CCC(O)C2)cc1. The molecule has 3 aromatic rings. The molecule has 5 N–H and O–H groups in total. The van der Waals surface area contributed by atoms with Gasteiger partial charge in [0.05, 0.1) is 17.5 Å². The van der Waals surface area contributed by atoms with Crippen molar-refractivity contribution in [1.82, 2.24) is 4.90 Å². The molecule has 1 aliphatic heterocycles. The van der Waals surface area contributed by atoms with E-state index in [-0.39, 0.29) is 17.6 Å². The average Bonchev–Trinajstić information content (AvgIpc) is 3.27. The number of carbonyl (C=O) groups is 2. The van der Waals surface area contributed by atoms with E-state index >= 15 is 0 Å². The van der Waals surface area contributed by atoms with Crippen LogP contribution in [0.3, 0.4) is 0 Å². The summed E-state index contributed by atoms with van der Waals surface area (Å²) in [6, 6.07) is 19.3. The topological polar surface area (TPSA) is 108 Å². The van der Waals surface area contributed by atoms with Crippen molar-refractivity contribution in [3.8, 4) is 0 Å². The molecular weight excluding hydrogens is 447 g/mol. The minimum absolute atomic E-state index is 0.270. The Kier molecular flexibility index (Phi) is 7.54. The lowest BCUT2D eigenvalue weighted by molar-refractivity contribution is -0.121. The van der Waals surface area contributed by atoms with Gasteiger partial charge in [0.25, 0.3) is 0 Å². The Balaban J connectivity index is 1.47. The lowest BCUT2D eigenvalue weighted by Crippen LogP contribution is -2.36. The van der Waals surface area contributed by atoms with Crippen LogP contribution in [-0.4, -0.2) is 41.0 Å². The Labute approximate surface area is 203 Å². The number of nitrogens with two attached hydrogens (primary N) is 1. The predicted molar refractivity (Wildman–Crippen MR) is 135 cm³/mol. The monoisotopic (exact) mass is 474 g/mol. The van der Waals surface area contributed by atoms with Crippen LogP contribution in [-0.2, 0) is 9.59 Å². The molecule has 1 saturated heterocycles. The molecule has 7 nitrogen and oxygen atoms in total. The van der Waals surface area contributed by atoms with E-state index in [1.807, 2.05) is 29.2 Å². The number of amides is 2. The first-order valence-corrected chi connectivity index (χ1v) is 11.3. The van der Waals surface area contributed by atoms with Crippen molar-refractivity contribution in [2.24, 2.45) is 0 Å². The summed E-state index contributed by atoms with van der Waals surface area (Å²) < 4.78 is 13.2. The molecule has 0 bridgehead atoms. The van der Waals surface area contributed by atoms with Crippen molar-refractivity contribution in [3.63, 3.8) is 0 Å². The number of nitrogens with one attached hydrogen (secondary N) is 2. The Bertz CT molecular complexity index is 1210. The smallest absolute Gasteiger partial charge is 0.248 e. The molecule has 0 radical (unpaired) electrons. The van der Waals surface area contributed by atoms with E-state index in [4.69, 9.17) is 5.73 Å². The number of nitrogens with zero attached hydrogens (tertiary/aromatic N) is 1. The molecule has 1 fully saturated rings. The molecule has 3 aromatic carbocycles. The molecule has 2 amide bonds. The highest BCUT2D eigenvalue weighted by molar-refractivity contribution is 6.03. The third-order valence-corrected chi connectivity index (χ3v) is 5.82. The van der Waals surface area contributed by atoms with Gasteiger partial charge in [-0.05, 0) is 60.0 Å². The summed E-state index contributed by atoms with van der Waals surface area (Å²) in [6.07, 6.45) is 3.18. The van der Waals surface area contributed by atoms with Crippen molar-refractivity contribution in [2.75, 3.05) is 29.5 Å². The van der Waals surface area contributed by atoms with Gasteiger partial charge in [-0.15, -0.1) is 0 Å². The maximum Gasteiger partial charge on any atom is 0.248 e. The molecule has 0 saturated carbocycles. The Morgan fingerprint density at radius 2 is 1.74 bits per heavy atom. The number of hydrogen-bond acceptors (Lipinski definition) is 5. The number of benzene rings is 3. The second-order valence-corrected chi connectivity index (χ2v) is 8.41. The Hall–Kier alpha value is -4.01. The van der Waals surface area contributed by atoms with Gasteiger partial charge in [-0.25, -0.2) is 4.39 Å². The zero-order valence-corrected chi connectivity index (χ0v) is 19.0. The van der Waals surface area contributed by atoms with Gasteiger partial charge >= 0.3 is 0 Å². The van der Waals surface area contributed by atoms with Gasteiger partial charge in [-0.3, -0.25) is 14.5 Å². The molecule has 0 aliphatic carbocycles. The van der Waals surface area contributed by atoms with Crippen LogP contribution in [0.5, 0.6) is 0 Å². The first kappa shape index (κ1) is 24.1. The summed E-state index contributed by atoms with van der Waals surface area (Å²) in [5.41, 5.74) is 8.90. The van der Waals surface area contributed by atoms with Crippen LogP contribution in [0.1, 0.15) is 23.6 Å². The summed E-state index contributed by atoms with van der Waals surface area (Å²) >= 11 is 0. The van der Waals surface area contributed by atoms with Crippen molar-refractivity contribution < 1.29 is 19.1 Å². The highest BCUT2D eigenvalue weighted by Gasteiger charge is 2.33. The number of nitrogen functional groups attached to an aromatic ring is 1. The fraction of sp³-hybridized carbons (Fsp3) is 0.185. The van der Waals surface area contributed by atoms with Crippen molar-refractivity contribution in [2.45, 2.75) is 18.6 Å². The van der Waals surface area contributed by atoms with Gasteiger partial charge in [0.1, 0.15) is 11.9 Å². The lowest BCUT2D eigenvalue weighted by Gasteiger charge is -2.27. The normalized spacial score (nSPS) is 16.8. The van der Waals surface area contributed by atoms with Crippen LogP contribution < -0.4 is 16.4 Å². The number of likely N-dealkylation sites (tertiary alicyclic amines) is 1. The summed E-state index contributed by atoms with van der Waals surface area (Å²) in [4.78, 5) is 27.4. The number of β-amino-alcohol motifs (C(OH)–C–C–N with tert-alkyl or cyclic N) is 1. The molecule has 1 aliphatic rings. The average molecular weight is 475 g/mol. The Morgan fingerprint density at radius 1 is 1.03 bits per heavy atom. The van der Waals surface area contributed by atoms with E-state index in [9.17, 15) is 19.1 Å². The number of aliphatic hydroxyl groups is 1. The second-order valence-electron chi connectivity index (χ2n) is 8.41. The van der Waals surface area contributed by atoms with E-state index in [0.717, 1.165) is 11.1 Å². The van der Waals surface area contributed by atoms with E-state index in [1.165, 1.54) is 30.3 Å². The van der Waals surface area contributed by atoms with Gasteiger partial charge in [0.15, 0.2) is 0 Å². The molecule has 35 heavy (non-hydrogen) atoms. The van der Waals surface area contributed by atoms with Gasteiger partial charge < -0.3 is 21.5 Å². The van der Waals surface area contributed by atoms with Crippen LogP contribution in [0.2, 0.25) is 0 Å². The number of carbonyl (C=O) groups excluding carboxylic acids is 2. The van der Waals surface area contributed by atoms with E-state index in [2.05, 4.69) is 10.6 Å². The molecule has 1 heterocycles. The lowest BCUT2D eigenvalue weighted by atomic mass is 10.0. The summed E-state index contributed by atoms with van der Waals surface area (Å²) in [6.45, 7) is 0.957. The van der Waals surface area contributed by atoms with Crippen LogP contribution in [0, 0.1) is 5.82 Å². The minimum Gasteiger partial charge on any atom is -0.397 e. The number of rotatable bonds is 7. The van der Waals surface area contributed by atoms with Crippen LogP contribution >= 0.6 is 0 Å². The van der Waals surface area contributed by atoms with E-state index < -0.39 is 12.1 Å². The highest BCUT2D eigenvalue weighted by Crippen LogP contribution is 2.27. The fourth-order valence-corrected chi connectivity index (χ4v) is 4.02. The largest absolute Gasteiger partial charge is 0.397 e. The van der Waals surface area contributed by atoms with Crippen LogP contribution in [0.4, 0.5) is 21.5 Å². The molecule has 0 aromatic heterocycles. The quantitative estimate of drug-likeness (QED) is 0.308. The van der Waals surface area contributed by atoms with E-state index in [1.54, 1.807) is 30.3 Å². The molecule has 8 heteroatoms. The zero-order valence-electron chi connectivity index (χ0n) is 19.0. The standard InChI is InChI=1S/C27H27FN4O3/c28-20-10-12-21(13-11-20)30-27(35)26(32-16-15-22(33)17-32)19-8-5-18(6-9-19)7-14-25(34)31-24-4-2-1-3-23(24)29/h1-14,22,26,33H,15-17,29H2,(H,30,35)(H,31,34). The summed E-state index contributed by atoms with van der Waals surface area (Å²) in [5.74, 6) is -0.963. The number of aliphatic hydroxyl groups excluding tert-OH is 1. The molecule has 180 valence electrons. The third kappa shape index (κ3) is 6.32. The maximum absolute atomic E-state index is 13.2. The first-order valence-electron chi connectivity index (χ1n) is 11.3. The zero-order chi connectivity index (χ0) is 24.8. The van der Waals surface area contributed by atoms with Gasteiger partial charge in [0.2, 0.25) is 11.8 Å². The van der Waals surface area contributed by atoms with Crippen LogP contribution in [0.25, 0.3) is 6.08 Å². The van der Waals surface area contributed by atoms with Gasteiger partial charge in [-0.1, -0.05) is 36.4 Å². The molecular formula is C27H27FN4O3. The molecule has 4 rings (SSSR count). The fourth-order valence-electron chi connectivity index (χ4n) is 4.02. The summed E-state index contributed by atoms with van der Waals surface area (Å²) in [7, 11) is 0. The predicted octanol–water partition coefficient (Wildman–Crippen LogP) is 3.81. The molecule has 0 spiro atoms. The molecule has 2 atom stereocenters. The molecule has 2 unspecified atom stereocenters. The number of anilines is 3. The van der Waals surface area contributed by atoms with Crippen molar-refractivity contribution in [1.29, 1.82) is 0 Å². The summed E-state index contributed by atoms with van der Waals surface area (Å²) in [5, 5.41) is 15.6. The van der Waals surface area contributed by atoms with E-state index in [0.29, 0.717) is 36.6 Å². The number of para-hydroxylation sites is 2. The van der Waals surface area contributed by atoms with Gasteiger partial charge in [0, 0.05) is 24.9 Å². The maximum atomic E-state index is 13.2. The minimum atomic E-state index is -0.625. The number of hydrogen-bond donors (Lipinski definition) is 4.